The molecule has 0 bridgehead atoms. The van der Waals surface area contributed by atoms with Crippen molar-refractivity contribution in [3.8, 4) is 0 Å². The predicted octanol–water partition coefficient (Wildman–Crippen LogP) is 1.65. The first kappa shape index (κ1) is 22.0. The second kappa shape index (κ2) is 8.72. The molecule has 170 valence electrons. The molecule has 3 aliphatic rings. The Hall–Kier alpha value is -3.23. The van der Waals surface area contributed by atoms with E-state index in [2.05, 4.69) is 5.32 Å². The molecule has 2 heterocycles. The number of ether oxygens (including phenoxy) is 1. The number of nitrogens with one attached hydrogen (secondary N) is 1. The lowest BCUT2D eigenvalue weighted by Crippen LogP contribution is -2.54. The third kappa shape index (κ3) is 3.87. The lowest BCUT2D eigenvalue weighted by molar-refractivity contribution is -0.152. The normalized spacial score (nSPS) is 24.7. The van der Waals surface area contributed by atoms with Gasteiger partial charge in [-0.05, 0) is 43.9 Å². The number of amides is 4. The highest BCUT2D eigenvalue weighted by Crippen LogP contribution is 2.36. The van der Waals surface area contributed by atoms with Crippen molar-refractivity contribution >= 4 is 35.3 Å². The summed E-state index contributed by atoms with van der Waals surface area (Å²) in [5.74, 6) is -2.34. The van der Waals surface area contributed by atoms with Gasteiger partial charge in [-0.1, -0.05) is 13.3 Å². The van der Waals surface area contributed by atoms with Crippen LogP contribution < -0.4 is 10.2 Å². The molecule has 1 saturated heterocycles. The molecule has 32 heavy (non-hydrogen) atoms. The van der Waals surface area contributed by atoms with Crippen molar-refractivity contribution in [2.45, 2.75) is 57.5 Å². The molecule has 9 nitrogen and oxygen atoms in total. The Bertz CT molecular complexity index is 984. The molecule has 1 saturated carbocycles. The number of hydrogen-bond acceptors (Lipinski definition) is 7. The van der Waals surface area contributed by atoms with E-state index in [4.69, 9.17) is 4.74 Å². The Morgan fingerprint density at radius 2 is 1.88 bits per heavy atom. The van der Waals surface area contributed by atoms with Crippen LogP contribution in [0.3, 0.4) is 0 Å². The highest BCUT2D eigenvalue weighted by Gasteiger charge is 2.45. The van der Waals surface area contributed by atoms with Crippen molar-refractivity contribution in [1.29, 1.82) is 0 Å². The Kier molecular flexibility index (Phi) is 5.99. The van der Waals surface area contributed by atoms with E-state index in [0.717, 1.165) is 23.4 Å². The molecule has 2 aliphatic heterocycles. The molecule has 2 fully saturated rings. The maximum atomic E-state index is 13.0. The minimum atomic E-state index is -0.979. The molecule has 1 atom stereocenters. The van der Waals surface area contributed by atoms with Crippen molar-refractivity contribution in [3.05, 3.63) is 29.3 Å². The molecule has 1 aromatic rings. The van der Waals surface area contributed by atoms with E-state index in [1.165, 1.54) is 0 Å². The SMILES string of the molecule is CCCCOC(=O)C1CC(N(C)c2ccc3c(c2)C(=O)N(C2CCC(=O)NC2=O)C3=O)C1. The number of carbonyl (C=O) groups is 5. The number of fused-ring (bicyclic) bond motifs is 1. The second-order valence-corrected chi connectivity index (χ2v) is 8.63. The number of unbranched alkanes of at least 4 members (excludes halogenated alkanes) is 1. The van der Waals surface area contributed by atoms with E-state index in [1.54, 1.807) is 18.2 Å². The third-order valence-corrected chi connectivity index (χ3v) is 6.57. The van der Waals surface area contributed by atoms with Crippen molar-refractivity contribution in [3.63, 3.8) is 0 Å². The number of nitrogens with zero attached hydrogens (tertiary/aromatic N) is 2. The van der Waals surface area contributed by atoms with Crippen molar-refractivity contribution < 1.29 is 28.7 Å². The number of esters is 1. The molecule has 0 spiro atoms. The lowest BCUT2D eigenvalue weighted by Gasteiger charge is -2.41. The maximum absolute atomic E-state index is 13.0. The maximum Gasteiger partial charge on any atom is 0.309 e. The summed E-state index contributed by atoms with van der Waals surface area (Å²) in [4.78, 5) is 64.5. The summed E-state index contributed by atoms with van der Waals surface area (Å²) in [6.07, 6.45) is 3.40. The first-order chi connectivity index (χ1) is 15.3. The van der Waals surface area contributed by atoms with Gasteiger partial charge in [0.15, 0.2) is 0 Å². The third-order valence-electron chi connectivity index (χ3n) is 6.57. The van der Waals surface area contributed by atoms with Gasteiger partial charge in [-0.15, -0.1) is 0 Å². The van der Waals surface area contributed by atoms with E-state index in [0.29, 0.717) is 19.4 Å². The fraction of sp³-hybridized carbons (Fsp3) is 0.522. The quantitative estimate of drug-likeness (QED) is 0.389. The average molecular weight is 441 g/mol. The summed E-state index contributed by atoms with van der Waals surface area (Å²) >= 11 is 0. The molecular weight excluding hydrogens is 414 g/mol. The number of hydrogen-bond donors (Lipinski definition) is 1. The molecule has 1 unspecified atom stereocenters. The van der Waals surface area contributed by atoms with Crippen molar-refractivity contribution in [2.75, 3.05) is 18.6 Å². The van der Waals surface area contributed by atoms with Crippen LogP contribution in [0.1, 0.15) is 66.2 Å². The van der Waals surface area contributed by atoms with Crippen LogP contribution in [0.25, 0.3) is 0 Å². The van der Waals surface area contributed by atoms with Crippen LogP contribution in [0.2, 0.25) is 0 Å². The van der Waals surface area contributed by atoms with Gasteiger partial charge in [-0.3, -0.25) is 34.2 Å². The van der Waals surface area contributed by atoms with E-state index >= 15 is 0 Å². The standard InChI is InChI=1S/C23H27N3O6/c1-3-4-9-32-23(31)13-10-15(11-13)25(2)14-5-6-16-17(12-14)22(30)26(21(16)29)18-7-8-19(27)24-20(18)28/h5-6,12-13,15,18H,3-4,7-11H2,1-2H3,(H,24,27,28). The molecule has 0 radical (unpaired) electrons. The smallest absolute Gasteiger partial charge is 0.309 e. The molecule has 0 aromatic heterocycles. The van der Waals surface area contributed by atoms with Gasteiger partial charge in [0.2, 0.25) is 11.8 Å². The van der Waals surface area contributed by atoms with Crippen LogP contribution in [0.15, 0.2) is 18.2 Å². The highest BCUT2D eigenvalue weighted by molar-refractivity contribution is 6.23. The molecule has 1 aromatic carbocycles. The van der Waals surface area contributed by atoms with E-state index in [9.17, 15) is 24.0 Å². The monoisotopic (exact) mass is 441 g/mol. The molecule has 1 N–H and O–H groups in total. The van der Waals surface area contributed by atoms with Gasteiger partial charge >= 0.3 is 5.97 Å². The minimum Gasteiger partial charge on any atom is -0.465 e. The number of piperidine rings is 1. The second-order valence-electron chi connectivity index (χ2n) is 8.63. The zero-order valence-corrected chi connectivity index (χ0v) is 18.3. The zero-order chi connectivity index (χ0) is 23.0. The number of carbonyl (C=O) groups excluding carboxylic acids is 5. The summed E-state index contributed by atoms with van der Waals surface area (Å²) in [7, 11) is 1.89. The Morgan fingerprint density at radius 3 is 2.56 bits per heavy atom. The van der Waals surface area contributed by atoms with Gasteiger partial charge in [0, 0.05) is 25.2 Å². The first-order valence-corrected chi connectivity index (χ1v) is 11.1. The molecular formula is C23H27N3O6. The molecule has 4 amide bonds. The molecule has 1 aliphatic carbocycles. The van der Waals surface area contributed by atoms with Crippen LogP contribution in [0.5, 0.6) is 0 Å². The Morgan fingerprint density at radius 1 is 1.16 bits per heavy atom. The number of anilines is 1. The number of imide groups is 2. The van der Waals surface area contributed by atoms with Gasteiger partial charge < -0.3 is 9.64 Å². The van der Waals surface area contributed by atoms with Crippen LogP contribution in [0.4, 0.5) is 5.69 Å². The minimum absolute atomic E-state index is 0.0848. The average Bonchev–Trinajstić information content (AvgIpc) is 2.97. The number of benzene rings is 1. The summed E-state index contributed by atoms with van der Waals surface area (Å²) in [5, 5.41) is 2.19. The highest BCUT2D eigenvalue weighted by atomic mass is 16.5. The van der Waals surface area contributed by atoms with Gasteiger partial charge in [0.25, 0.3) is 11.8 Å². The first-order valence-electron chi connectivity index (χ1n) is 11.1. The van der Waals surface area contributed by atoms with Gasteiger partial charge in [0.05, 0.1) is 23.7 Å². The lowest BCUT2D eigenvalue weighted by atomic mass is 9.79. The summed E-state index contributed by atoms with van der Waals surface area (Å²) in [6.45, 7) is 2.50. The predicted molar refractivity (Wildman–Crippen MR) is 114 cm³/mol. The van der Waals surface area contributed by atoms with Crippen LogP contribution >= 0.6 is 0 Å². The van der Waals surface area contributed by atoms with Gasteiger partial charge in [0.1, 0.15) is 6.04 Å². The summed E-state index contributed by atoms with van der Waals surface area (Å²) in [6, 6.07) is 4.18. The summed E-state index contributed by atoms with van der Waals surface area (Å²) in [5.41, 5.74) is 1.26. The van der Waals surface area contributed by atoms with E-state index in [1.807, 2.05) is 18.9 Å². The molecule has 9 heteroatoms. The van der Waals surface area contributed by atoms with Crippen LogP contribution in [-0.2, 0) is 19.1 Å². The van der Waals surface area contributed by atoms with E-state index < -0.39 is 29.7 Å². The van der Waals surface area contributed by atoms with Crippen molar-refractivity contribution in [1.82, 2.24) is 10.2 Å². The van der Waals surface area contributed by atoms with Crippen LogP contribution in [0, 0.1) is 5.92 Å². The summed E-state index contributed by atoms with van der Waals surface area (Å²) < 4.78 is 5.29. The zero-order valence-electron chi connectivity index (χ0n) is 18.3. The Balaban J connectivity index is 1.42. The van der Waals surface area contributed by atoms with E-state index in [-0.39, 0.29) is 41.9 Å². The topological polar surface area (TPSA) is 113 Å². The largest absolute Gasteiger partial charge is 0.465 e. The Labute approximate surface area is 186 Å². The van der Waals surface area contributed by atoms with Crippen molar-refractivity contribution in [2.24, 2.45) is 5.92 Å². The number of rotatable bonds is 7. The fourth-order valence-corrected chi connectivity index (χ4v) is 4.42. The molecule has 4 rings (SSSR count). The van der Waals surface area contributed by atoms with Gasteiger partial charge in [-0.25, -0.2) is 0 Å². The fourth-order valence-electron chi connectivity index (χ4n) is 4.42. The van der Waals surface area contributed by atoms with Crippen LogP contribution in [-0.4, -0.2) is 60.2 Å². The van der Waals surface area contributed by atoms with Gasteiger partial charge in [-0.2, -0.15) is 0 Å².